The van der Waals surface area contributed by atoms with Gasteiger partial charge < -0.3 is 29.7 Å². The SMILES string of the molecule is CC1(C)COc2ccc(C(=O)Nc3ccn(C4O[C@H](CO)[C@@H](O)C4(F)F)c(=O)n3)cc2O1. The van der Waals surface area contributed by atoms with Crippen LogP contribution in [-0.2, 0) is 4.74 Å². The molecule has 0 spiro atoms. The zero-order chi connectivity index (χ0) is 23.3. The van der Waals surface area contributed by atoms with Crippen molar-refractivity contribution in [2.45, 2.75) is 43.8 Å². The van der Waals surface area contributed by atoms with E-state index in [0.717, 1.165) is 12.3 Å². The highest BCUT2D eigenvalue weighted by molar-refractivity contribution is 6.04. The van der Waals surface area contributed by atoms with Crippen molar-refractivity contribution in [2.75, 3.05) is 18.5 Å². The van der Waals surface area contributed by atoms with E-state index in [1.54, 1.807) is 6.07 Å². The number of benzene rings is 1. The van der Waals surface area contributed by atoms with Crippen LogP contribution in [0.3, 0.4) is 0 Å². The van der Waals surface area contributed by atoms with Gasteiger partial charge in [-0.2, -0.15) is 13.8 Å². The largest absolute Gasteiger partial charge is 0.486 e. The lowest BCUT2D eigenvalue weighted by molar-refractivity contribution is -0.140. The van der Waals surface area contributed by atoms with Crippen molar-refractivity contribution in [3.05, 3.63) is 46.5 Å². The second kappa shape index (κ2) is 7.80. The highest BCUT2D eigenvalue weighted by atomic mass is 19.3. The number of fused-ring (bicyclic) bond motifs is 1. The van der Waals surface area contributed by atoms with Gasteiger partial charge in [0.05, 0.1) is 6.61 Å². The average Bonchev–Trinajstić information content (AvgIpc) is 2.96. The predicted octanol–water partition coefficient (Wildman–Crippen LogP) is 0.931. The molecular weight excluding hydrogens is 432 g/mol. The van der Waals surface area contributed by atoms with Crippen molar-refractivity contribution < 1.29 is 38.0 Å². The molecule has 0 saturated carbocycles. The summed E-state index contributed by atoms with van der Waals surface area (Å²) in [7, 11) is 0. The minimum atomic E-state index is -3.83. The molecule has 1 aromatic carbocycles. The van der Waals surface area contributed by atoms with Crippen LogP contribution in [0, 0.1) is 0 Å². The summed E-state index contributed by atoms with van der Waals surface area (Å²) in [4.78, 5) is 28.5. The van der Waals surface area contributed by atoms with Crippen LogP contribution in [0.15, 0.2) is 35.3 Å². The van der Waals surface area contributed by atoms with Crippen LogP contribution in [-0.4, -0.2) is 62.6 Å². The van der Waals surface area contributed by atoms with Crippen LogP contribution in [0.4, 0.5) is 14.6 Å². The van der Waals surface area contributed by atoms with E-state index in [4.69, 9.17) is 19.3 Å². The molecule has 1 aromatic heterocycles. The number of alkyl halides is 2. The lowest BCUT2D eigenvalue weighted by atomic mass is 10.1. The number of aromatic nitrogens is 2. The number of ether oxygens (including phenoxy) is 3. The highest BCUT2D eigenvalue weighted by Crippen LogP contribution is 2.42. The smallest absolute Gasteiger partial charge is 0.351 e. The minimum Gasteiger partial charge on any atom is -0.486 e. The predicted molar refractivity (Wildman–Crippen MR) is 105 cm³/mol. The molecule has 32 heavy (non-hydrogen) atoms. The van der Waals surface area contributed by atoms with Gasteiger partial charge in [0.15, 0.2) is 17.6 Å². The van der Waals surface area contributed by atoms with Gasteiger partial charge in [-0.3, -0.25) is 9.36 Å². The molecule has 2 aliphatic rings. The van der Waals surface area contributed by atoms with E-state index in [9.17, 15) is 23.5 Å². The number of halogens is 2. The van der Waals surface area contributed by atoms with Crippen LogP contribution < -0.4 is 20.5 Å². The Bertz CT molecular complexity index is 1100. The van der Waals surface area contributed by atoms with Crippen LogP contribution in [0.2, 0.25) is 0 Å². The van der Waals surface area contributed by atoms with Crippen molar-refractivity contribution >= 4 is 11.7 Å². The highest BCUT2D eigenvalue weighted by Gasteiger charge is 2.59. The van der Waals surface area contributed by atoms with Crippen molar-refractivity contribution in [3.8, 4) is 11.5 Å². The summed E-state index contributed by atoms with van der Waals surface area (Å²) in [5.41, 5.74) is -1.50. The van der Waals surface area contributed by atoms with Crippen LogP contribution >= 0.6 is 0 Å². The summed E-state index contributed by atoms with van der Waals surface area (Å²) in [6.45, 7) is 3.17. The van der Waals surface area contributed by atoms with Gasteiger partial charge in [-0.15, -0.1) is 0 Å². The molecule has 1 saturated heterocycles. The van der Waals surface area contributed by atoms with Gasteiger partial charge >= 0.3 is 11.6 Å². The zero-order valence-corrected chi connectivity index (χ0v) is 17.1. The first-order valence-electron chi connectivity index (χ1n) is 9.70. The van der Waals surface area contributed by atoms with Gasteiger partial charge in [0.1, 0.15) is 24.1 Å². The van der Waals surface area contributed by atoms with Gasteiger partial charge in [-0.1, -0.05) is 0 Å². The Balaban J connectivity index is 1.52. The molecule has 3 heterocycles. The van der Waals surface area contributed by atoms with Gasteiger partial charge in [0.2, 0.25) is 6.23 Å². The molecular formula is C20H21F2N3O7. The molecule has 3 atom stereocenters. The van der Waals surface area contributed by atoms with Crippen molar-refractivity contribution in [1.29, 1.82) is 0 Å². The van der Waals surface area contributed by atoms with E-state index in [2.05, 4.69) is 10.3 Å². The number of nitrogens with one attached hydrogen (secondary N) is 1. The summed E-state index contributed by atoms with van der Waals surface area (Å²) in [6.07, 6.45) is -5.03. The molecule has 12 heteroatoms. The molecule has 1 fully saturated rings. The number of nitrogens with zero attached hydrogens (tertiary/aromatic N) is 2. The second-order valence-electron chi connectivity index (χ2n) is 8.10. The molecule has 172 valence electrons. The van der Waals surface area contributed by atoms with Gasteiger partial charge in [0, 0.05) is 11.8 Å². The molecule has 1 unspecified atom stereocenters. The van der Waals surface area contributed by atoms with Crippen LogP contribution in [0.1, 0.15) is 30.4 Å². The third-order valence-corrected chi connectivity index (χ3v) is 5.05. The summed E-state index contributed by atoms with van der Waals surface area (Å²) >= 11 is 0. The van der Waals surface area contributed by atoms with Crippen LogP contribution in [0.5, 0.6) is 11.5 Å². The molecule has 10 nitrogen and oxygen atoms in total. The molecule has 1 amide bonds. The maximum Gasteiger partial charge on any atom is 0.351 e. The van der Waals surface area contributed by atoms with Crippen LogP contribution in [0.25, 0.3) is 0 Å². The number of aliphatic hydroxyl groups excluding tert-OH is 2. The Morgan fingerprint density at radius 2 is 2.06 bits per heavy atom. The molecule has 2 aromatic rings. The maximum absolute atomic E-state index is 14.3. The zero-order valence-electron chi connectivity index (χ0n) is 17.1. The summed E-state index contributed by atoms with van der Waals surface area (Å²) < 4.78 is 45.3. The number of rotatable bonds is 4. The van der Waals surface area contributed by atoms with E-state index >= 15 is 0 Å². The van der Waals surface area contributed by atoms with Crippen molar-refractivity contribution in [3.63, 3.8) is 0 Å². The minimum absolute atomic E-state index is 0.174. The summed E-state index contributed by atoms with van der Waals surface area (Å²) in [5, 5.41) is 21.1. The van der Waals surface area contributed by atoms with E-state index < -0.39 is 48.2 Å². The fourth-order valence-corrected chi connectivity index (χ4v) is 3.39. The van der Waals surface area contributed by atoms with Gasteiger partial charge in [0.25, 0.3) is 5.91 Å². The third kappa shape index (κ3) is 3.92. The topological polar surface area (TPSA) is 132 Å². The summed E-state index contributed by atoms with van der Waals surface area (Å²) in [6, 6.07) is 5.70. The first kappa shape index (κ1) is 22.1. The fourth-order valence-electron chi connectivity index (χ4n) is 3.39. The lowest BCUT2D eigenvalue weighted by Gasteiger charge is -2.32. The van der Waals surface area contributed by atoms with E-state index in [1.807, 2.05) is 13.8 Å². The summed E-state index contributed by atoms with van der Waals surface area (Å²) in [5.74, 6) is -3.74. The number of amides is 1. The molecule has 3 N–H and O–H groups in total. The Labute approximate surface area is 180 Å². The van der Waals surface area contributed by atoms with Gasteiger partial charge in [-0.25, -0.2) is 4.79 Å². The molecule has 0 radical (unpaired) electrons. The first-order chi connectivity index (χ1) is 15.0. The Morgan fingerprint density at radius 3 is 2.72 bits per heavy atom. The normalized spacial score (nSPS) is 25.4. The maximum atomic E-state index is 14.3. The van der Waals surface area contributed by atoms with Crippen molar-refractivity contribution in [1.82, 2.24) is 9.55 Å². The average molecular weight is 453 g/mol. The quantitative estimate of drug-likeness (QED) is 0.623. The van der Waals surface area contributed by atoms with E-state index in [1.165, 1.54) is 12.1 Å². The second-order valence-corrected chi connectivity index (χ2v) is 8.10. The standard InChI is InChI=1S/C20H21F2N3O7/c1-19(2)9-30-11-4-3-10(7-12(11)32-19)16(28)23-14-5-6-25(18(29)24-14)17-20(21,22)15(27)13(8-26)31-17/h3-7,13,15,17,26-27H,8-9H2,1-2H3,(H,23,24,28,29)/t13-,15-,17?/m1/s1. The lowest BCUT2D eigenvalue weighted by Crippen LogP contribution is -2.41. The fraction of sp³-hybridized carbons (Fsp3) is 0.450. The van der Waals surface area contributed by atoms with E-state index in [-0.39, 0.29) is 11.4 Å². The number of anilines is 1. The number of hydrogen-bond acceptors (Lipinski definition) is 8. The van der Waals surface area contributed by atoms with Crippen molar-refractivity contribution in [2.24, 2.45) is 0 Å². The third-order valence-electron chi connectivity index (χ3n) is 5.05. The number of hydrogen-bond donors (Lipinski definition) is 3. The molecule has 0 bridgehead atoms. The Morgan fingerprint density at radius 1 is 1.31 bits per heavy atom. The monoisotopic (exact) mass is 453 g/mol. The molecule has 0 aliphatic carbocycles. The molecule has 2 aliphatic heterocycles. The Kier molecular flexibility index (Phi) is 5.39. The van der Waals surface area contributed by atoms with E-state index in [0.29, 0.717) is 22.7 Å². The van der Waals surface area contributed by atoms with Gasteiger partial charge in [-0.05, 0) is 38.1 Å². The number of carbonyl (C=O) groups excluding carboxylic acids is 1. The number of carbonyl (C=O) groups is 1. The first-order valence-corrected chi connectivity index (χ1v) is 9.70. The Hall–Kier alpha value is -3.09. The number of aliphatic hydroxyl groups is 2. The molecule has 4 rings (SSSR count).